The van der Waals surface area contributed by atoms with Gasteiger partial charge in [0.2, 0.25) is 5.60 Å². The van der Waals surface area contributed by atoms with Gasteiger partial charge in [-0.3, -0.25) is 9.59 Å². The Balaban J connectivity index is 1.53. The molecular weight excluding hydrogens is 420 g/mol. The van der Waals surface area contributed by atoms with E-state index in [2.05, 4.69) is 10.4 Å². The summed E-state index contributed by atoms with van der Waals surface area (Å²) in [5.41, 5.74) is -2.59. The number of likely N-dealkylation sites (tertiary alicyclic amines) is 1. The number of alkyl halides is 3. The number of halogens is 4. The van der Waals surface area contributed by atoms with Crippen molar-refractivity contribution in [2.75, 3.05) is 19.6 Å². The van der Waals surface area contributed by atoms with Crippen molar-refractivity contribution in [1.82, 2.24) is 20.0 Å². The fourth-order valence-electron chi connectivity index (χ4n) is 3.31. The number of rotatable bonds is 6. The summed E-state index contributed by atoms with van der Waals surface area (Å²) in [4.78, 5) is 26.0. The van der Waals surface area contributed by atoms with E-state index >= 15 is 0 Å². The molecule has 1 atom stereocenters. The van der Waals surface area contributed by atoms with Gasteiger partial charge in [-0.2, -0.15) is 18.3 Å². The number of carbonyl (C=O) groups is 2. The second kappa shape index (κ2) is 8.29. The van der Waals surface area contributed by atoms with Crippen molar-refractivity contribution in [3.8, 4) is 5.69 Å². The number of amides is 2. The first-order chi connectivity index (χ1) is 14.4. The van der Waals surface area contributed by atoms with E-state index in [-0.39, 0.29) is 31.5 Å². The number of nitrogens with one attached hydrogen (secondary N) is 1. The van der Waals surface area contributed by atoms with Crippen LogP contribution in [0.2, 0.25) is 0 Å². The van der Waals surface area contributed by atoms with Crippen LogP contribution in [0.1, 0.15) is 24.2 Å². The zero-order chi connectivity index (χ0) is 23.0. The molecule has 1 aliphatic rings. The predicted molar refractivity (Wildman–Crippen MR) is 102 cm³/mol. The molecule has 1 aliphatic heterocycles. The van der Waals surface area contributed by atoms with Crippen LogP contribution in [-0.2, 0) is 4.79 Å². The van der Waals surface area contributed by atoms with E-state index in [9.17, 15) is 32.3 Å². The topological polar surface area (TPSA) is 87.5 Å². The fourth-order valence-corrected chi connectivity index (χ4v) is 3.31. The zero-order valence-electron chi connectivity index (χ0n) is 16.9. The minimum atomic E-state index is -5.10. The van der Waals surface area contributed by atoms with Crippen molar-refractivity contribution in [2.45, 2.75) is 25.6 Å². The monoisotopic (exact) mass is 442 g/mol. The molecule has 11 heteroatoms. The Morgan fingerprint density at radius 2 is 1.84 bits per heavy atom. The highest BCUT2D eigenvalue weighted by atomic mass is 19.4. The number of aromatic nitrogens is 2. The van der Waals surface area contributed by atoms with Crippen LogP contribution in [0.4, 0.5) is 17.6 Å². The molecule has 2 aromatic rings. The second-order valence-corrected chi connectivity index (χ2v) is 7.86. The molecule has 0 spiro atoms. The van der Waals surface area contributed by atoms with Crippen LogP contribution in [0.5, 0.6) is 0 Å². The van der Waals surface area contributed by atoms with E-state index in [0.717, 1.165) is 13.8 Å². The van der Waals surface area contributed by atoms with Gasteiger partial charge in [0, 0.05) is 37.7 Å². The first-order valence-electron chi connectivity index (χ1n) is 9.60. The van der Waals surface area contributed by atoms with Crippen LogP contribution in [0.3, 0.4) is 0 Å². The largest absolute Gasteiger partial charge is 0.426 e. The molecule has 1 unspecified atom stereocenters. The minimum Gasteiger partial charge on any atom is -0.372 e. The summed E-state index contributed by atoms with van der Waals surface area (Å²) >= 11 is 0. The number of benzene rings is 1. The lowest BCUT2D eigenvalue weighted by atomic mass is 9.88. The van der Waals surface area contributed by atoms with Gasteiger partial charge in [0.15, 0.2) is 0 Å². The molecular formula is C20H22F4N4O3. The maximum atomic E-state index is 13.1. The summed E-state index contributed by atoms with van der Waals surface area (Å²) in [6.45, 7) is 2.62. The average molecular weight is 442 g/mol. The van der Waals surface area contributed by atoms with Crippen molar-refractivity contribution in [3.05, 3.63) is 48.0 Å². The molecule has 1 aromatic heterocycles. The number of hydrogen-bond donors (Lipinski definition) is 2. The molecule has 0 radical (unpaired) electrons. The van der Waals surface area contributed by atoms with Gasteiger partial charge in [-0.25, -0.2) is 9.07 Å². The Labute approximate surface area is 175 Å². The molecule has 0 bridgehead atoms. The SMILES string of the molecule is CC(C)C(O)(C(=O)NCC1CN(C(=O)c2cnn(-c3ccc(F)cc3)c2)C1)C(F)(F)F. The van der Waals surface area contributed by atoms with Gasteiger partial charge in [0.25, 0.3) is 11.8 Å². The maximum absolute atomic E-state index is 13.1. The van der Waals surface area contributed by atoms with Crippen LogP contribution in [0.25, 0.3) is 5.69 Å². The maximum Gasteiger partial charge on any atom is 0.426 e. The Bertz CT molecular complexity index is 952. The Hall–Kier alpha value is -2.95. The molecule has 1 aromatic carbocycles. The summed E-state index contributed by atoms with van der Waals surface area (Å²) in [5, 5.41) is 16.1. The van der Waals surface area contributed by atoms with E-state index in [1.807, 2.05) is 0 Å². The summed E-state index contributed by atoms with van der Waals surface area (Å²) in [6, 6.07) is 5.56. The van der Waals surface area contributed by atoms with Gasteiger partial charge in [-0.05, 0) is 24.3 Å². The highest BCUT2D eigenvalue weighted by Crippen LogP contribution is 2.36. The molecule has 7 nitrogen and oxygen atoms in total. The van der Waals surface area contributed by atoms with Crippen molar-refractivity contribution in [2.24, 2.45) is 11.8 Å². The van der Waals surface area contributed by atoms with E-state index in [1.54, 1.807) is 0 Å². The molecule has 0 aliphatic carbocycles. The van der Waals surface area contributed by atoms with Crippen LogP contribution >= 0.6 is 0 Å². The van der Waals surface area contributed by atoms with Gasteiger partial charge >= 0.3 is 6.18 Å². The zero-order valence-corrected chi connectivity index (χ0v) is 16.9. The summed E-state index contributed by atoms with van der Waals surface area (Å²) in [7, 11) is 0. The second-order valence-electron chi connectivity index (χ2n) is 7.86. The summed E-state index contributed by atoms with van der Waals surface area (Å²) in [5.74, 6) is -3.80. The molecule has 31 heavy (non-hydrogen) atoms. The van der Waals surface area contributed by atoms with E-state index in [0.29, 0.717) is 11.3 Å². The molecule has 2 N–H and O–H groups in total. The van der Waals surface area contributed by atoms with Gasteiger partial charge in [-0.15, -0.1) is 0 Å². The molecule has 2 amide bonds. The number of nitrogens with zero attached hydrogens (tertiary/aromatic N) is 3. The van der Waals surface area contributed by atoms with E-state index in [4.69, 9.17) is 0 Å². The lowest BCUT2D eigenvalue weighted by molar-refractivity contribution is -0.265. The third-order valence-electron chi connectivity index (χ3n) is 5.33. The molecule has 0 saturated carbocycles. The van der Waals surface area contributed by atoms with Crippen molar-refractivity contribution >= 4 is 11.8 Å². The standard InChI is InChI=1S/C20H22F4N4O3/c1-12(2)19(31,20(22,23)24)18(30)25-7-13-9-27(10-13)17(29)14-8-26-28(11-14)16-5-3-15(21)4-6-16/h3-6,8,11-13,31H,7,9-10H2,1-2H3,(H,25,30). The predicted octanol–water partition coefficient (Wildman–Crippen LogP) is 2.15. The summed E-state index contributed by atoms with van der Waals surface area (Å²) in [6.07, 6.45) is -2.23. The van der Waals surface area contributed by atoms with Crippen molar-refractivity contribution < 1.29 is 32.3 Å². The van der Waals surface area contributed by atoms with Gasteiger partial charge in [0.05, 0.1) is 17.4 Å². The van der Waals surface area contributed by atoms with E-state index in [1.165, 1.54) is 46.2 Å². The minimum absolute atomic E-state index is 0.0947. The van der Waals surface area contributed by atoms with Crippen molar-refractivity contribution in [1.29, 1.82) is 0 Å². The molecule has 3 rings (SSSR count). The quantitative estimate of drug-likeness (QED) is 0.672. The number of hydrogen-bond acceptors (Lipinski definition) is 4. The average Bonchev–Trinajstić information content (AvgIpc) is 3.15. The number of carbonyl (C=O) groups excluding carboxylic acids is 2. The van der Waals surface area contributed by atoms with Crippen LogP contribution in [-0.4, -0.2) is 63.0 Å². The van der Waals surface area contributed by atoms with Crippen LogP contribution in [0.15, 0.2) is 36.7 Å². The molecule has 1 saturated heterocycles. The first-order valence-corrected chi connectivity index (χ1v) is 9.60. The Morgan fingerprint density at radius 1 is 1.23 bits per heavy atom. The molecule has 168 valence electrons. The molecule has 1 fully saturated rings. The Kier molecular flexibility index (Phi) is 6.08. The van der Waals surface area contributed by atoms with Crippen molar-refractivity contribution in [3.63, 3.8) is 0 Å². The smallest absolute Gasteiger partial charge is 0.372 e. The highest BCUT2D eigenvalue weighted by Gasteiger charge is 2.61. The first kappa shape index (κ1) is 22.7. The lowest BCUT2D eigenvalue weighted by Crippen LogP contribution is -2.62. The molecule has 2 heterocycles. The van der Waals surface area contributed by atoms with Crippen LogP contribution < -0.4 is 5.32 Å². The Morgan fingerprint density at radius 3 is 2.39 bits per heavy atom. The van der Waals surface area contributed by atoms with Gasteiger partial charge < -0.3 is 15.3 Å². The third-order valence-corrected chi connectivity index (χ3v) is 5.33. The normalized spacial score (nSPS) is 16.7. The van der Waals surface area contributed by atoms with Gasteiger partial charge in [0.1, 0.15) is 5.82 Å². The number of aliphatic hydroxyl groups is 1. The van der Waals surface area contributed by atoms with Crippen LogP contribution in [0, 0.1) is 17.7 Å². The lowest BCUT2D eigenvalue weighted by Gasteiger charge is -2.40. The third kappa shape index (κ3) is 4.41. The summed E-state index contributed by atoms with van der Waals surface area (Å²) < 4.78 is 53.9. The highest BCUT2D eigenvalue weighted by molar-refractivity contribution is 5.94. The van der Waals surface area contributed by atoms with E-state index < -0.39 is 29.4 Å². The van der Waals surface area contributed by atoms with Gasteiger partial charge in [-0.1, -0.05) is 13.8 Å². The fraction of sp³-hybridized carbons (Fsp3) is 0.450.